The molecule has 1 saturated heterocycles. The molecular weight excluding hydrogens is 494 g/mol. The molecule has 0 aliphatic carbocycles. The first-order valence-corrected chi connectivity index (χ1v) is 10.3. The first kappa shape index (κ1) is 23.8. The van der Waals surface area contributed by atoms with Crippen LogP contribution in [0.2, 0.25) is 0 Å². The van der Waals surface area contributed by atoms with Gasteiger partial charge in [-0.1, -0.05) is 12.1 Å². The fourth-order valence-corrected chi connectivity index (χ4v) is 4.40. The Kier molecular flexibility index (Phi) is 6.67. The van der Waals surface area contributed by atoms with Gasteiger partial charge in [-0.05, 0) is 28.1 Å². The fourth-order valence-electron chi connectivity index (χ4n) is 3.70. The van der Waals surface area contributed by atoms with Crippen molar-refractivity contribution in [2.45, 2.75) is 49.8 Å². The van der Waals surface area contributed by atoms with Crippen molar-refractivity contribution in [3.05, 3.63) is 35.4 Å². The van der Waals surface area contributed by atoms with Crippen molar-refractivity contribution in [1.29, 1.82) is 0 Å². The molecule has 1 N–H and O–H groups in total. The Balaban J connectivity index is 2.08. The topological polar surface area (TPSA) is 146 Å². The van der Waals surface area contributed by atoms with Crippen LogP contribution in [-0.4, -0.2) is 75.4 Å². The third kappa shape index (κ3) is 4.52. The van der Waals surface area contributed by atoms with Crippen LogP contribution in [-0.2, 0) is 33.3 Å². The van der Waals surface area contributed by atoms with Crippen LogP contribution in [0.3, 0.4) is 0 Å². The maximum atomic E-state index is 13.1. The summed E-state index contributed by atoms with van der Waals surface area (Å²) >= 11 is 2.96. The van der Waals surface area contributed by atoms with Gasteiger partial charge in [0.15, 0.2) is 12.2 Å². The van der Waals surface area contributed by atoms with Gasteiger partial charge in [-0.2, -0.15) is 0 Å². The van der Waals surface area contributed by atoms with Crippen LogP contribution in [0.1, 0.15) is 41.5 Å². The standard InChI is InChI=1S/C20H20BrNO10/c1-9(23)29-8-14-15(30-10(2)24)16(31-11(3)25)17(20(21,28)32-14)22-18(26)12-6-4-5-7-13(12)19(22)27/h4-7,14-17,28H,8H2,1-3H3/t14-,15-,16+,17-,20-/m1/s1. The molecule has 0 saturated carbocycles. The summed E-state index contributed by atoms with van der Waals surface area (Å²) in [7, 11) is 0. The molecule has 0 radical (unpaired) electrons. The summed E-state index contributed by atoms with van der Waals surface area (Å²) < 4.78 is 18.6. The van der Waals surface area contributed by atoms with Crippen molar-refractivity contribution in [1.82, 2.24) is 4.90 Å². The average molecular weight is 514 g/mol. The molecule has 1 fully saturated rings. The number of ether oxygens (including phenoxy) is 4. The highest BCUT2D eigenvalue weighted by molar-refractivity contribution is 9.10. The lowest BCUT2D eigenvalue weighted by Gasteiger charge is -2.49. The van der Waals surface area contributed by atoms with Gasteiger partial charge < -0.3 is 24.1 Å². The van der Waals surface area contributed by atoms with E-state index >= 15 is 0 Å². The van der Waals surface area contributed by atoms with E-state index in [4.69, 9.17) is 18.9 Å². The smallest absolute Gasteiger partial charge is 0.303 e. The molecule has 0 bridgehead atoms. The summed E-state index contributed by atoms with van der Waals surface area (Å²) in [6, 6.07) is 4.33. The minimum atomic E-state index is -2.44. The minimum Gasteiger partial charge on any atom is -0.463 e. The Morgan fingerprint density at radius 1 is 1.00 bits per heavy atom. The number of carbonyl (C=O) groups is 5. The molecule has 32 heavy (non-hydrogen) atoms. The highest BCUT2D eigenvalue weighted by Crippen LogP contribution is 2.41. The van der Waals surface area contributed by atoms with E-state index in [0.29, 0.717) is 4.90 Å². The van der Waals surface area contributed by atoms with Crippen LogP contribution >= 0.6 is 15.9 Å². The van der Waals surface area contributed by atoms with Crippen LogP contribution in [0, 0.1) is 0 Å². The summed E-state index contributed by atoms with van der Waals surface area (Å²) in [6.07, 6.45) is -4.29. The number of hydrogen-bond donors (Lipinski definition) is 1. The summed E-state index contributed by atoms with van der Waals surface area (Å²) in [6.45, 7) is 2.80. The number of imide groups is 1. The van der Waals surface area contributed by atoms with E-state index in [1.165, 1.54) is 12.1 Å². The number of fused-ring (bicyclic) bond motifs is 1. The van der Waals surface area contributed by atoms with Crippen LogP contribution in [0.25, 0.3) is 0 Å². The molecule has 172 valence electrons. The molecule has 1 aromatic rings. The predicted molar refractivity (Wildman–Crippen MR) is 107 cm³/mol. The van der Waals surface area contributed by atoms with E-state index in [1.54, 1.807) is 12.1 Å². The number of hydrogen-bond acceptors (Lipinski definition) is 10. The number of amides is 2. The number of rotatable bonds is 5. The Morgan fingerprint density at radius 3 is 1.97 bits per heavy atom. The van der Waals surface area contributed by atoms with E-state index in [-0.39, 0.29) is 11.1 Å². The lowest BCUT2D eigenvalue weighted by atomic mass is 9.94. The number of alkyl halides is 1. The fraction of sp³-hybridized carbons (Fsp3) is 0.450. The predicted octanol–water partition coefficient (Wildman–Crippen LogP) is 0.518. The van der Waals surface area contributed by atoms with Gasteiger partial charge in [-0.15, -0.1) is 0 Å². The lowest BCUT2D eigenvalue weighted by molar-refractivity contribution is -0.285. The molecule has 0 unspecified atom stereocenters. The molecule has 12 heteroatoms. The molecule has 2 amide bonds. The van der Waals surface area contributed by atoms with E-state index in [0.717, 1.165) is 20.8 Å². The number of carbonyl (C=O) groups excluding carboxylic acids is 5. The molecule has 11 nitrogen and oxygen atoms in total. The van der Waals surface area contributed by atoms with Crippen LogP contribution in [0.4, 0.5) is 0 Å². The maximum absolute atomic E-state index is 13.1. The SMILES string of the molecule is CC(=O)OC[C@H]1O[C@@](O)(Br)[C@H](N2C(=O)c3ccccc3C2=O)[C@@H](OC(C)=O)[C@@H]1OC(C)=O. The summed E-state index contributed by atoms with van der Waals surface area (Å²) in [5, 5.41) is 11.1. The zero-order valence-electron chi connectivity index (χ0n) is 17.3. The normalized spacial score (nSPS) is 29.3. The van der Waals surface area contributed by atoms with E-state index < -0.39 is 65.4 Å². The van der Waals surface area contributed by atoms with E-state index in [1.807, 2.05) is 0 Å². The molecule has 2 aliphatic rings. The van der Waals surface area contributed by atoms with Gasteiger partial charge in [0.25, 0.3) is 11.8 Å². The van der Waals surface area contributed by atoms with Crippen molar-refractivity contribution in [3.8, 4) is 0 Å². The number of benzene rings is 1. The zero-order valence-corrected chi connectivity index (χ0v) is 18.9. The lowest BCUT2D eigenvalue weighted by Crippen LogP contribution is -2.70. The maximum Gasteiger partial charge on any atom is 0.303 e. The van der Waals surface area contributed by atoms with Gasteiger partial charge in [-0.3, -0.25) is 28.9 Å². The highest BCUT2D eigenvalue weighted by atomic mass is 79.9. The Bertz CT molecular complexity index is 942. The quantitative estimate of drug-likeness (QED) is 0.255. The largest absolute Gasteiger partial charge is 0.463 e. The third-order valence-electron chi connectivity index (χ3n) is 4.84. The minimum absolute atomic E-state index is 0.0773. The molecule has 5 atom stereocenters. The monoisotopic (exact) mass is 513 g/mol. The summed E-state index contributed by atoms with van der Waals surface area (Å²) in [5.41, 5.74) is 0.155. The molecule has 0 spiro atoms. The molecule has 0 aromatic heterocycles. The zero-order chi connectivity index (χ0) is 23.8. The first-order chi connectivity index (χ1) is 14.9. The second-order valence-electron chi connectivity index (χ2n) is 7.19. The Hall–Kier alpha value is -2.83. The second kappa shape index (κ2) is 8.96. The van der Waals surface area contributed by atoms with E-state index in [9.17, 15) is 29.1 Å². The van der Waals surface area contributed by atoms with Gasteiger partial charge in [0.2, 0.25) is 4.70 Å². The van der Waals surface area contributed by atoms with Crippen molar-refractivity contribution in [2.75, 3.05) is 6.61 Å². The van der Waals surface area contributed by atoms with Crippen LogP contribution in [0.5, 0.6) is 0 Å². The van der Waals surface area contributed by atoms with Crippen molar-refractivity contribution in [2.24, 2.45) is 0 Å². The van der Waals surface area contributed by atoms with Gasteiger partial charge in [0, 0.05) is 20.8 Å². The second-order valence-corrected chi connectivity index (χ2v) is 8.32. The summed E-state index contributed by atoms with van der Waals surface area (Å²) in [4.78, 5) is 61.7. The van der Waals surface area contributed by atoms with Gasteiger partial charge in [-0.25, -0.2) is 0 Å². The molecule has 3 rings (SSSR count). The van der Waals surface area contributed by atoms with Crippen molar-refractivity contribution < 1.29 is 48.0 Å². The number of esters is 3. The van der Waals surface area contributed by atoms with Crippen molar-refractivity contribution >= 4 is 45.7 Å². The van der Waals surface area contributed by atoms with E-state index in [2.05, 4.69) is 15.9 Å². The highest BCUT2D eigenvalue weighted by Gasteiger charge is 2.62. The van der Waals surface area contributed by atoms with Gasteiger partial charge >= 0.3 is 17.9 Å². The number of aliphatic hydroxyl groups is 1. The number of nitrogens with zero attached hydrogens (tertiary/aromatic N) is 1. The molecule has 1 aromatic carbocycles. The molecular formula is C20H20BrNO10. The van der Waals surface area contributed by atoms with Gasteiger partial charge in [0.1, 0.15) is 18.8 Å². The average Bonchev–Trinajstić information content (AvgIpc) is 2.93. The number of halogens is 1. The Morgan fingerprint density at radius 2 is 1.50 bits per heavy atom. The van der Waals surface area contributed by atoms with Crippen LogP contribution in [0.15, 0.2) is 24.3 Å². The molecule has 2 heterocycles. The van der Waals surface area contributed by atoms with Crippen LogP contribution < -0.4 is 0 Å². The summed E-state index contributed by atoms with van der Waals surface area (Å²) in [5.74, 6) is -3.86. The third-order valence-corrected chi connectivity index (χ3v) is 5.50. The first-order valence-electron chi connectivity index (χ1n) is 9.48. The van der Waals surface area contributed by atoms with Crippen molar-refractivity contribution in [3.63, 3.8) is 0 Å². The van der Waals surface area contributed by atoms with Gasteiger partial charge in [0.05, 0.1) is 11.1 Å². The molecule has 2 aliphatic heterocycles. The Labute approximate surface area is 190 Å².